The predicted octanol–water partition coefficient (Wildman–Crippen LogP) is 4.29. The van der Waals surface area contributed by atoms with Gasteiger partial charge >= 0.3 is 14.9 Å². The number of hydrogen-bond acceptors (Lipinski definition) is 7. The number of fused-ring (bicyclic) bond motifs is 1. The highest BCUT2D eigenvalue weighted by atomic mass is 31.1. The Kier molecular flexibility index (Phi) is 8.53. The quantitative estimate of drug-likeness (QED) is 0.340. The lowest BCUT2D eigenvalue weighted by Crippen LogP contribution is -2.47. The van der Waals surface area contributed by atoms with Crippen LogP contribution in [0.5, 0.6) is 17.2 Å². The van der Waals surface area contributed by atoms with E-state index in [-0.39, 0.29) is 38.6 Å². The molecule has 1 atom stereocenters. The van der Waals surface area contributed by atoms with Crippen LogP contribution < -0.4 is 19.9 Å². The van der Waals surface area contributed by atoms with Gasteiger partial charge in [-0.2, -0.15) is 13.2 Å². The molecule has 0 amide bonds. The minimum Gasteiger partial charge on any atom is -0.493 e. The molecule has 2 aromatic carbocycles. The summed E-state index contributed by atoms with van der Waals surface area (Å²) < 4.78 is 72.0. The Balaban J connectivity index is 1.59. The molecule has 0 fully saturated rings. The molecule has 0 aromatic heterocycles. The molecule has 0 saturated heterocycles. The van der Waals surface area contributed by atoms with Gasteiger partial charge in [0.05, 0.1) is 30.9 Å². The fraction of sp³-hybridized carbons (Fsp3) is 0.455. The molecule has 180 valence electrons. The number of rotatable bonds is 12. The van der Waals surface area contributed by atoms with Gasteiger partial charge in [0.1, 0.15) is 5.75 Å². The van der Waals surface area contributed by atoms with Crippen LogP contribution in [0.4, 0.5) is 13.2 Å². The first-order valence-electron chi connectivity index (χ1n) is 10.3. The lowest BCUT2D eigenvalue weighted by atomic mass is 9.93. The van der Waals surface area contributed by atoms with Gasteiger partial charge in [0.25, 0.3) is 0 Å². The molecule has 1 aliphatic heterocycles. The van der Waals surface area contributed by atoms with Crippen molar-refractivity contribution in [1.29, 1.82) is 0 Å². The first-order valence-corrected chi connectivity index (χ1v) is 11.0. The van der Waals surface area contributed by atoms with Crippen molar-refractivity contribution in [3.63, 3.8) is 0 Å². The molecule has 11 heteroatoms. The second-order valence-electron chi connectivity index (χ2n) is 7.84. The molecule has 0 bridgehead atoms. The first kappa shape index (κ1) is 25.2. The summed E-state index contributed by atoms with van der Waals surface area (Å²) in [5.74, 6) is 1.09. The van der Waals surface area contributed by atoms with E-state index in [2.05, 4.69) is 0 Å². The predicted molar refractivity (Wildman–Crippen MR) is 114 cm³/mol. The van der Waals surface area contributed by atoms with Crippen molar-refractivity contribution in [3.8, 4) is 17.2 Å². The third-order valence-corrected chi connectivity index (χ3v) is 5.52. The molecule has 3 N–H and O–H groups in total. The number of alkyl halides is 3. The summed E-state index contributed by atoms with van der Waals surface area (Å²) in [5.41, 5.74) is 5.25. The molecule has 0 radical (unpaired) electrons. The van der Waals surface area contributed by atoms with E-state index in [1.54, 1.807) is 6.07 Å². The van der Waals surface area contributed by atoms with E-state index in [4.69, 9.17) is 24.5 Å². The monoisotopic (exact) mass is 487 g/mol. The van der Waals surface area contributed by atoms with Crippen LogP contribution >= 0.6 is 8.69 Å². The van der Waals surface area contributed by atoms with Gasteiger partial charge in [-0.25, -0.2) is 4.57 Å². The largest absolute Gasteiger partial charge is 0.493 e. The van der Waals surface area contributed by atoms with Crippen LogP contribution in [-0.2, 0) is 28.1 Å². The van der Waals surface area contributed by atoms with Gasteiger partial charge < -0.3 is 25.1 Å². The Hall–Kier alpha value is -2.39. The maximum atomic E-state index is 13.6. The average Bonchev–Trinajstić information content (AvgIpc) is 3.27. The van der Waals surface area contributed by atoms with Crippen molar-refractivity contribution >= 4 is 8.69 Å². The van der Waals surface area contributed by atoms with E-state index in [1.165, 1.54) is 12.1 Å². The lowest BCUT2D eigenvalue weighted by molar-refractivity contribution is -0.139. The van der Waals surface area contributed by atoms with Crippen LogP contribution in [-0.4, -0.2) is 37.3 Å². The maximum Gasteiger partial charge on any atom is 0.419 e. The van der Waals surface area contributed by atoms with Crippen LogP contribution in [0, 0.1) is 0 Å². The highest BCUT2D eigenvalue weighted by Crippen LogP contribution is 2.37. The molecular weight excluding hydrogens is 462 g/mol. The van der Waals surface area contributed by atoms with Gasteiger partial charge in [-0.15, -0.1) is 0 Å². The average molecular weight is 487 g/mol. The number of hydrogen-bond donors (Lipinski definition) is 2. The number of ether oxygens (including phenoxy) is 3. The van der Waals surface area contributed by atoms with Crippen LogP contribution in [0.2, 0.25) is 0 Å². The highest BCUT2D eigenvalue weighted by Gasteiger charge is 2.35. The highest BCUT2D eigenvalue weighted by molar-refractivity contribution is 7.17. The summed E-state index contributed by atoms with van der Waals surface area (Å²) in [6, 6.07) is 9.39. The van der Waals surface area contributed by atoms with Gasteiger partial charge in [0, 0.05) is 0 Å². The number of aliphatic hydroxyl groups excluding tert-OH is 1. The van der Waals surface area contributed by atoms with E-state index in [0.717, 1.165) is 11.6 Å². The van der Waals surface area contributed by atoms with Crippen molar-refractivity contribution in [3.05, 3.63) is 53.1 Å². The fourth-order valence-corrected chi connectivity index (χ4v) is 3.69. The summed E-state index contributed by atoms with van der Waals surface area (Å²) in [5, 5.41) is 9.44. The molecule has 0 aliphatic carbocycles. The lowest BCUT2D eigenvalue weighted by Gasteiger charge is -2.25. The third kappa shape index (κ3) is 7.04. The van der Waals surface area contributed by atoms with Crippen molar-refractivity contribution in [2.45, 2.75) is 37.4 Å². The Bertz CT molecular complexity index is 958. The minimum atomic E-state index is -4.59. The van der Waals surface area contributed by atoms with Crippen molar-refractivity contribution in [1.82, 2.24) is 0 Å². The van der Waals surface area contributed by atoms with Crippen molar-refractivity contribution in [2.24, 2.45) is 5.73 Å². The van der Waals surface area contributed by atoms with Gasteiger partial charge in [-0.05, 0) is 61.1 Å². The summed E-state index contributed by atoms with van der Waals surface area (Å²) in [4.78, 5) is 0. The van der Waals surface area contributed by atoms with Gasteiger partial charge in [-0.3, -0.25) is 4.52 Å². The smallest absolute Gasteiger partial charge is 0.419 e. The number of aryl methyl sites for hydroxylation is 2. The zero-order valence-electron chi connectivity index (χ0n) is 17.8. The summed E-state index contributed by atoms with van der Waals surface area (Å²) in [6.07, 6.45) is -3.15. The fourth-order valence-electron chi connectivity index (χ4n) is 3.38. The topological polar surface area (TPSA) is 100 Å². The third-order valence-electron chi connectivity index (χ3n) is 5.28. The normalized spacial score (nSPS) is 14.9. The van der Waals surface area contributed by atoms with Gasteiger partial charge in [0.2, 0.25) is 6.79 Å². The first-order chi connectivity index (χ1) is 15.7. The van der Waals surface area contributed by atoms with E-state index in [9.17, 15) is 22.8 Å². The molecule has 1 aliphatic rings. The number of nitrogens with two attached hydrogens (primary N) is 1. The van der Waals surface area contributed by atoms with Crippen LogP contribution in [0.15, 0.2) is 36.4 Å². The minimum absolute atomic E-state index is 0.110. The molecule has 0 saturated carbocycles. The molecule has 0 spiro atoms. The van der Waals surface area contributed by atoms with E-state index >= 15 is 0 Å². The molecule has 1 heterocycles. The molecule has 33 heavy (non-hydrogen) atoms. The Labute approximate surface area is 190 Å². The summed E-state index contributed by atoms with van der Waals surface area (Å²) in [6.45, 7) is -0.360. The van der Waals surface area contributed by atoms with Crippen LogP contribution in [0.1, 0.15) is 29.5 Å². The standard InChI is InChI=1S/C22H25F3NO6P/c23-22(24,25)17-10-16(7-8-21(26,12-27)13-32-33-28)3-5-18(17)29-9-1-2-15-4-6-19-20(11-15)31-14-30-19/h3-6,10-11,27H,1-2,7-9,12-14,26H2. The van der Waals surface area contributed by atoms with Gasteiger partial charge in [-0.1, -0.05) is 12.1 Å². The number of aliphatic hydroxyl groups is 1. The van der Waals surface area contributed by atoms with E-state index < -0.39 is 32.6 Å². The van der Waals surface area contributed by atoms with E-state index in [0.29, 0.717) is 29.9 Å². The van der Waals surface area contributed by atoms with Crippen molar-refractivity contribution < 1.29 is 41.6 Å². The zero-order valence-corrected chi connectivity index (χ0v) is 18.7. The van der Waals surface area contributed by atoms with E-state index in [1.807, 2.05) is 12.1 Å². The Morgan fingerprint density at radius 3 is 2.52 bits per heavy atom. The second-order valence-corrected chi connectivity index (χ2v) is 8.24. The van der Waals surface area contributed by atoms with Crippen LogP contribution in [0.3, 0.4) is 0 Å². The molecule has 1 unspecified atom stereocenters. The molecule has 3 rings (SSSR count). The molecule has 2 aromatic rings. The Morgan fingerprint density at radius 2 is 1.79 bits per heavy atom. The second kappa shape index (κ2) is 11.2. The Morgan fingerprint density at radius 1 is 1.06 bits per heavy atom. The SMILES string of the molecule is NC(CO)(CCc1ccc(OCCCc2ccc3c(c2)OCO3)c(C(F)(F)F)c1)COP=O. The van der Waals surface area contributed by atoms with Gasteiger partial charge in [0.15, 0.2) is 11.5 Å². The molecule has 7 nitrogen and oxygen atoms in total. The number of benzene rings is 2. The summed E-state index contributed by atoms with van der Waals surface area (Å²) in [7, 11) is -0.582. The molecular formula is C22H25F3NO6P. The zero-order chi connectivity index (χ0) is 23.9. The summed E-state index contributed by atoms with van der Waals surface area (Å²) >= 11 is 0. The van der Waals surface area contributed by atoms with Crippen LogP contribution in [0.25, 0.3) is 0 Å². The van der Waals surface area contributed by atoms with Crippen molar-refractivity contribution in [2.75, 3.05) is 26.6 Å². The maximum absolute atomic E-state index is 13.6. The number of halogens is 3.